The van der Waals surface area contributed by atoms with Gasteiger partial charge in [0, 0.05) is 4.43 Å². The van der Waals surface area contributed by atoms with Crippen molar-refractivity contribution in [3.63, 3.8) is 0 Å². The van der Waals surface area contributed by atoms with E-state index in [0.29, 0.717) is 0 Å². The standard InChI is InChI=1S/C6H10ClIO2/c1-5(7)10-6(4-9)2-3-8/h6,9H,1-4H2. The first-order chi connectivity index (χ1) is 4.70. The molecule has 0 rings (SSSR count). The molecule has 0 saturated carbocycles. The van der Waals surface area contributed by atoms with Crippen LogP contribution in [0.2, 0.25) is 0 Å². The van der Waals surface area contributed by atoms with Gasteiger partial charge in [0.1, 0.15) is 6.10 Å². The molecule has 0 aliphatic rings. The normalized spacial score (nSPS) is 12.7. The molecule has 0 heterocycles. The topological polar surface area (TPSA) is 29.5 Å². The lowest BCUT2D eigenvalue weighted by atomic mass is 10.3. The summed E-state index contributed by atoms with van der Waals surface area (Å²) in [6.45, 7) is 3.35. The first-order valence-corrected chi connectivity index (χ1v) is 4.79. The van der Waals surface area contributed by atoms with Crippen molar-refractivity contribution in [3.8, 4) is 0 Å². The summed E-state index contributed by atoms with van der Waals surface area (Å²) >= 11 is 7.57. The van der Waals surface area contributed by atoms with Crippen LogP contribution < -0.4 is 0 Å². The van der Waals surface area contributed by atoms with Crippen LogP contribution in [0.3, 0.4) is 0 Å². The van der Waals surface area contributed by atoms with Crippen LogP contribution in [-0.4, -0.2) is 22.2 Å². The molecule has 0 aromatic carbocycles. The van der Waals surface area contributed by atoms with Gasteiger partial charge in [-0.05, 0) is 24.6 Å². The van der Waals surface area contributed by atoms with E-state index < -0.39 is 0 Å². The molecule has 0 spiro atoms. The predicted octanol–water partition coefficient (Wildman–Crippen LogP) is 1.90. The van der Waals surface area contributed by atoms with E-state index in [-0.39, 0.29) is 17.9 Å². The van der Waals surface area contributed by atoms with E-state index >= 15 is 0 Å². The zero-order chi connectivity index (χ0) is 7.98. The van der Waals surface area contributed by atoms with E-state index in [1.165, 1.54) is 0 Å². The molecule has 0 amide bonds. The van der Waals surface area contributed by atoms with Crippen LogP contribution in [-0.2, 0) is 4.74 Å². The third-order valence-electron chi connectivity index (χ3n) is 0.929. The van der Waals surface area contributed by atoms with E-state index in [1.807, 2.05) is 0 Å². The molecule has 0 aromatic heterocycles. The molecular weight excluding hydrogens is 266 g/mol. The first kappa shape index (κ1) is 10.5. The number of halogens is 2. The minimum atomic E-state index is -0.193. The highest BCUT2D eigenvalue weighted by atomic mass is 127. The second-order valence-corrected chi connectivity index (χ2v) is 3.26. The monoisotopic (exact) mass is 276 g/mol. The molecule has 0 aliphatic heterocycles. The van der Waals surface area contributed by atoms with Crippen LogP contribution in [0.4, 0.5) is 0 Å². The number of aliphatic hydroxyl groups excluding tert-OH is 1. The summed E-state index contributed by atoms with van der Waals surface area (Å²) < 4.78 is 5.89. The van der Waals surface area contributed by atoms with Gasteiger partial charge < -0.3 is 9.84 Å². The van der Waals surface area contributed by atoms with Crippen molar-refractivity contribution in [2.45, 2.75) is 12.5 Å². The van der Waals surface area contributed by atoms with Crippen LogP contribution in [0.25, 0.3) is 0 Å². The minimum Gasteiger partial charge on any atom is -0.478 e. The van der Waals surface area contributed by atoms with Crippen molar-refractivity contribution in [1.29, 1.82) is 0 Å². The fourth-order valence-corrected chi connectivity index (χ4v) is 1.31. The van der Waals surface area contributed by atoms with Crippen molar-refractivity contribution in [2.75, 3.05) is 11.0 Å². The highest BCUT2D eigenvalue weighted by Gasteiger charge is 2.06. The summed E-state index contributed by atoms with van der Waals surface area (Å²) in [6.07, 6.45) is 0.602. The number of aliphatic hydroxyl groups is 1. The second-order valence-electron chi connectivity index (χ2n) is 1.76. The highest BCUT2D eigenvalue weighted by Crippen LogP contribution is 2.08. The molecule has 1 atom stereocenters. The first-order valence-electron chi connectivity index (χ1n) is 2.88. The molecule has 1 unspecified atom stereocenters. The molecule has 0 fully saturated rings. The summed E-state index contributed by atoms with van der Waals surface area (Å²) in [5, 5.41) is 8.82. The van der Waals surface area contributed by atoms with Crippen molar-refractivity contribution in [2.24, 2.45) is 0 Å². The molecule has 2 nitrogen and oxygen atoms in total. The predicted molar refractivity (Wildman–Crippen MR) is 50.5 cm³/mol. The van der Waals surface area contributed by atoms with E-state index in [0.717, 1.165) is 10.8 Å². The average Bonchev–Trinajstić information content (AvgIpc) is 1.86. The molecule has 0 radical (unpaired) electrons. The summed E-state index contributed by atoms with van der Waals surface area (Å²) in [6, 6.07) is 0. The largest absolute Gasteiger partial charge is 0.478 e. The third-order valence-corrected chi connectivity index (χ3v) is 1.64. The Hall–Kier alpha value is 0.520. The van der Waals surface area contributed by atoms with Crippen molar-refractivity contribution >= 4 is 34.2 Å². The smallest absolute Gasteiger partial charge is 0.179 e. The van der Waals surface area contributed by atoms with Crippen LogP contribution in [0, 0.1) is 0 Å². The number of rotatable bonds is 5. The van der Waals surface area contributed by atoms with Gasteiger partial charge in [-0.15, -0.1) is 0 Å². The van der Waals surface area contributed by atoms with Gasteiger partial charge in [-0.3, -0.25) is 0 Å². The Morgan fingerprint density at radius 2 is 2.40 bits per heavy atom. The van der Waals surface area contributed by atoms with Gasteiger partial charge in [-0.2, -0.15) is 0 Å². The quantitative estimate of drug-likeness (QED) is 0.472. The third kappa shape index (κ3) is 5.32. The summed E-state index contributed by atoms with van der Waals surface area (Å²) in [5.74, 6) is 0. The molecule has 0 saturated heterocycles. The van der Waals surface area contributed by atoms with Gasteiger partial charge in [0.05, 0.1) is 6.61 Å². The number of alkyl halides is 1. The van der Waals surface area contributed by atoms with Crippen LogP contribution in [0.5, 0.6) is 0 Å². The van der Waals surface area contributed by atoms with Crippen molar-refractivity contribution in [3.05, 3.63) is 11.8 Å². The Labute approximate surface area is 79.3 Å². The second kappa shape index (κ2) is 6.24. The maximum atomic E-state index is 8.68. The molecule has 0 bridgehead atoms. The lowest BCUT2D eigenvalue weighted by molar-refractivity contribution is 0.0701. The molecule has 1 N–H and O–H groups in total. The molecule has 4 heteroatoms. The van der Waals surface area contributed by atoms with Gasteiger partial charge in [0.15, 0.2) is 5.22 Å². The Kier molecular flexibility index (Phi) is 6.57. The maximum absolute atomic E-state index is 8.68. The Balaban J connectivity index is 3.49. The van der Waals surface area contributed by atoms with E-state index in [4.69, 9.17) is 21.4 Å². The number of hydrogen-bond acceptors (Lipinski definition) is 2. The zero-order valence-corrected chi connectivity index (χ0v) is 8.43. The van der Waals surface area contributed by atoms with E-state index in [1.54, 1.807) is 0 Å². The SMILES string of the molecule is C=C(Cl)OC(CO)CCI. The fraction of sp³-hybridized carbons (Fsp3) is 0.667. The van der Waals surface area contributed by atoms with Gasteiger partial charge in [-0.1, -0.05) is 22.6 Å². The van der Waals surface area contributed by atoms with Crippen molar-refractivity contribution < 1.29 is 9.84 Å². The molecular formula is C6H10ClIO2. The lowest BCUT2D eigenvalue weighted by Crippen LogP contribution is -2.16. The summed E-state index contributed by atoms with van der Waals surface area (Å²) in [4.78, 5) is 0. The molecule has 0 aliphatic carbocycles. The van der Waals surface area contributed by atoms with Gasteiger partial charge in [0.25, 0.3) is 0 Å². The van der Waals surface area contributed by atoms with E-state index in [9.17, 15) is 0 Å². The Bertz CT molecular complexity index is 108. The maximum Gasteiger partial charge on any atom is 0.179 e. The fourth-order valence-electron chi connectivity index (χ4n) is 0.490. The summed E-state index contributed by atoms with van der Waals surface area (Å²) in [5.41, 5.74) is 0. The minimum absolute atomic E-state index is 0.00522. The van der Waals surface area contributed by atoms with Gasteiger partial charge in [-0.25, -0.2) is 0 Å². The average molecular weight is 277 g/mol. The van der Waals surface area contributed by atoms with Crippen LogP contribution in [0.1, 0.15) is 6.42 Å². The Morgan fingerprint density at radius 3 is 2.70 bits per heavy atom. The van der Waals surface area contributed by atoms with Crippen molar-refractivity contribution in [1.82, 2.24) is 0 Å². The molecule has 60 valence electrons. The van der Waals surface area contributed by atoms with Gasteiger partial charge in [0.2, 0.25) is 0 Å². The molecule has 10 heavy (non-hydrogen) atoms. The summed E-state index contributed by atoms with van der Waals surface area (Å²) in [7, 11) is 0. The Morgan fingerprint density at radius 1 is 1.80 bits per heavy atom. The van der Waals surface area contributed by atoms with Gasteiger partial charge >= 0.3 is 0 Å². The van der Waals surface area contributed by atoms with Crippen LogP contribution in [0.15, 0.2) is 11.8 Å². The lowest BCUT2D eigenvalue weighted by Gasteiger charge is -2.13. The number of hydrogen-bond donors (Lipinski definition) is 1. The molecule has 0 aromatic rings. The van der Waals surface area contributed by atoms with Crippen LogP contribution >= 0.6 is 34.2 Å². The number of ether oxygens (including phenoxy) is 1. The van der Waals surface area contributed by atoms with E-state index in [2.05, 4.69) is 29.2 Å². The zero-order valence-electron chi connectivity index (χ0n) is 5.52. The highest BCUT2D eigenvalue weighted by molar-refractivity contribution is 14.1.